The van der Waals surface area contributed by atoms with Crippen LogP contribution in [0.5, 0.6) is 0 Å². The molecule has 2 heterocycles. The number of hydrogen-bond donors (Lipinski definition) is 2. The molecule has 102 valence electrons. The second kappa shape index (κ2) is 4.82. The lowest BCUT2D eigenvalue weighted by Gasteiger charge is -2.36. The number of aromatic nitrogens is 1. The third-order valence-electron chi connectivity index (χ3n) is 4.15. The molecule has 1 aromatic heterocycles. The van der Waals surface area contributed by atoms with Crippen LogP contribution in [0.3, 0.4) is 0 Å². The molecule has 1 unspecified atom stereocenters. The second-order valence-electron chi connectivity index (χ2n) is 5.06. The number of fused-ring (bicyclic) bond motifs is 3. The molecular weight excluding hydrogens is 262 g/mol. The van der Waals surface area contributed by atoms with Gasteiger partial charge >= 0.3 is 0 Å². The topological polar surface area (TPSA) is 45.2 Å². The first-order valence-electron chi connectivity index (χ1n) is 6.76. The molecule has 1 aliphatic rings. The Morgan fingerprint density at radius 3 is 3.05 bits per heavy atom. The van der Waals surface area contributed by atoms with Crippen molar-refractivity contribution in [2.75, 3.05) is 13.2 Å². The maximum absolute atomic E-state index is 9.35. The van der Waals surface area contributed by atoms with Gasteiger partial charge in [0.25, 0.3) is 0 Å². The van der Waals surface area contributed by atoms with Crippen LogP contribution in [-0.2, 0) is 16.8 Å². The molecule has 1 aliphatic heterocycles. The first-order chi connectivity index (χ1) is 9.22. The van der Waals surface area contributed by atoms with Crippen LogP contribution in [0.15, 0.2) is 18.2 Å². The summed E-state index contributed by atoms with van der Waals surface area (Å²) in [5.74, 6) is 0. The van der Waals surface area contributed by atoms with E-state index in [1.165, 1.54) is 5.56 Å². The number of ether oxygens (including phenoxy) is 1. The number of nitrogens with one attached hydrogen (secondary N) is 1. The minimum absolute atomic E-state index is 0.121. The Morgan fingerprint density at radius 2 is 2.32 bits per heavy atom. The summed E-state index contributed by atoms with van der Waals surface area (Å²) in [7, 11) is 0. The number of benzene rings is 1. The summed E-state index contributed by atoms with van der Waals surface area (Å²) in [5, 5.41) is 11.2. The molecule has 4 heteroatoms. The number of aliphatic hydroxyl groups is 1. The number of hydrogen-bond acceptors (Lipinski definition) is 2. The summed E-state index contributed by atoms with van der Waals surface area (Å²) in [5.41, 5.74) is 3.00. The highest BCUT2D eigenvalue weighted by Gasteiger charge is 2.38. The zero-order valence-corrected chi connectivity index (χ0v) is 11.8. The fourth-order valence-electron chi connectivity index (χ4n) is 3.16. The highest BCUT2D eigenvalue weighted by molar-refractivity contribution is 6.35. The number of aliphatic hydroxyl groups excluding tert-OH is 1. The molecule has 0 radical (unpaired) electrons. The quantitative estimate of drug-likeness (QED) is 0.905. The van der Waals surface area contributed by atoms with Gasteiger partial charge < -0.3 is 14.8 Å². The SMILES string of the molecule is CCC1(CCO)OCCc2c1[nH]c1cccc(Cl)c21. The molecule has 19 heavy (non-hydrogen) atoms. The van der Waals surface area contributed by atoms with E-state index in [0.717, 1.165) is 34.5 Å². The highest BCUT2D eigenvalue weighted by atomic mass is 35.5. The van der Waals surface area contributed by atoms with E-state index in [0.29, 0.717) is 13.0 Å². The molecule has 0 saturated heterocycles. The average Bonchev–Trinajstić information content (AvgIpc) is 2.80. The van der Waals surface area contributed by atoms with Crippen molar-refractivity contribution in [2.24, 2.45) is 0 Å². The van der Waals surface area contributed by atoms with Crippen LogP contribution in [-0.4, -0.2) is 23.3 Å². The molecule has 0 bridgehead atoms. The van der Waals surface area contributed by atoms with Gasteiger partial charge in [-0.05, 0) is 30.5 Å². The van der Waals surface area contributed by atoms with Crippen LogP contribution in [0.1, 0.15) is 31.0 Å². The van der Waals surface area contributed by atoms with Crippen molar-refractivity contribution in [2.45, 2.75) is 31.8 Å². The van der Waals surface area contributed by atoms with E-state index in [-0.39, 0.29) is 6.61 Å². The van der Waals surface area contributed by atoms with E-state index >= 15 is 0 Å². The number of H-pyrrole nitrogens is 1. The van der Waals surface area contributed by atoms with Crippen molar-refractivity contribution >= 4 is 22.5 Å². The van der Waals surface area contributed by atoms with Gasteiger partial charge in [0.15, 0.2) is 0 Å². The maximum Gasteiger partial charge on any atom is 0.110 e. The Hall–Kier alpha value is -1.03. The molecule has 0 saturated carbocycles. The number of rotatable bonds is 3. The van der Waals surface area contributed by atoms with Gasteiger partial charge in [-0.15, -0.1) is 0 Å². The molecule has 3 nitrogen and oxygen atoms in total. The third kappa shape index (κ3) is 1.88. The lowest BCUT2D eigenvalue weighted by atomic mass is 9.86. The van der Waals surface area contributed by atoms with Crippen LogP contribution in [0, 0.1) is 0 Å². The van der Waals surface area contributed by atoms with E-state index in [4.69, 9.17) is 16.3 Å². The van der Waals surface area contributed by atoms with E-state index in [1.807, 2.05) is 18.2 Å². The summed E-state index contributed by atoms with van der Waals surface area (Å²) in [4.78, 5) is 3.46. The van der Waals surface area contributed by atoms with Gasteiger partial charge in [-0.1, -0.05) is 24.6 Å². The van der Waals surface area contributed by atoms with Gasteiger partial charge in [0.1, 0.15) is 5.60 Å². The molecule has 0 amide bonds. The predicted octanol–water partition coefficient (Wildman–Crippen LogP) is 3.38. The van der Waals surface area contributed by atoms with Crippen molar-refractivity contribution < 1.29 is 9.84 Å². The molecule has 0 aliphatic carbocycles. The predicted molar refractivity (Wildman–Crippen MR) is 76.6 cm³/mol. The van der Waals surface area contributed by atoms with Gasteiger partial charge in [0.05, 0.1) is 17.3 Å². The zero-order chi connectivity index (χ0) is 13.5. The van der Waals surface area contributed by atoms with Crippen molar-refractivity contribution in [1.82, 2.24) is 4.98 Å². The molecule has 1 aromatic carbocycles. The Labute approximate surface area is 117 Å². The monoisotopic (exact) mass is 279 g/mol. The fraction of sp³-hybridized carbons (Fsp3) is 0.467. The van der Waals surface area contributed by atoms with Gasteiger partial charge in [0, 0.05) is 23.9 Å². The van der Waals surface area contributed by atoms with Crippen LogP contribution in [0.2, 0.25) is 5.02 Å². The standard InChI is InChI=1S/C15H18ClNO2/c1-2-15(7-8-18)14-10(6-9-19-15)13-11(16)4-3-5-12(13)17-14/h3-5,17-18H,2,6-9H2,1H3. The Morgan fingerprint density at radius 1 is 1.47 bits per heavy atom. The van der Waals surface area contributed by atoms with Gasteiger partial charge in [-0.3, -0.25) is 0 Å². The summed E-state index contributed by atoms with van der Waals surface area (Å²) >= 11 is 6.34. The smallest absolute Gasteiger partial charge is 0.110 e. The molecule has 1 atom stereocenters. The Balaban J connectivity index is 2.25. The van der Waals surface area contributed by atoms with Crippen LogP contribution >= 0.6 is 11.6 Å². The molecule has 3 rings (SSSR count). The number of aromatic amines is 1. The van der Waals surface area contributed by atoms with Crippen LogP contribution < -0.4 is 0 Å². The summed E-state index contributed by atoms with van der Waals surface area (Å²) < 4.78 is 6.02. The van der Waals surface area contributed by atoms with Gasteiger partial charge in [0.2, 0.25) is 0 Å². The van der Waals surface area contributed by atoms with E-state index in [1.54, 1.807) is 0 Å². The first-order valence-corrected chi connectivity index (χ1v) is 7.14. The van der Waals surface area contributed by atoms with E-state index in [9.17, 15) is 5.11 Å². The summed E-state index contributed by atoms with van der Waals surface area (Å²) in [6.07, 6.45) is 2.32. The molecule has 2 N–H and O–H groups in total. The Kier molecular flexibility index (Phi) is 3.29. The molecule has 0 fully saturated rings. The summed E-state index contributed by atoms with van der Waals surface area (Å²) in [6, 6.07) is 5.92. The van der Waals surface area contributed by atoms with Crippen molar-refractivity contribution in [3.63, 3.8) is 0 Å². The lowest BCUT2D eigenvalue weighted by molar-refractivity contribution is -0.0795. The van der Waals surface area contributed by atoms with Crippen LogP contribution in [0.25, 0.3) is 10.9 Å². The van der Waals surface area contributed by atoms with Crippen molar-refractivity contribution in [1.29, 1.82) is 0 Å². The van der Waals surface area contributed by atoms with Gasteiger partial charge in [-0.2, -0.15) is 0 Å². The maximum atomic E-state index is 9.35. The normalized spacial score (nSPS) is 22.7. The van der Waals surface area contributed by atoms with E-state index < -0.39 is 5.60 Å². The minimum Gasteiger partial charge on any atom is -0.396 e. The highest BCUT2D eigenvalue weighted by Crippen LogP contribution is 2.42. The number of halogens is 1. The second-order valence-corrected chi connectivity index (χ2v) is 5.47. The lowest BCUT2D eigenvalue weighted by Crippen LogP contribution is -2.36. The molecule has 2 aromatic rings. The molecular formula is C15H18ClNO2. The molecule has 0 spiro atoms. The Bertz CT molecular complexity index is 607. The van der Waals surface area contributed by atoms with Crippen molar-refractivity contribution in [3.8, 4) is 0 Å². The minimum atomic E-state index is -0.398. The van der Waals surface area contributed by atoms with Crippen molar-refractivity contribution in [3.05, 3.63) is 34.5 Å². The average molecular weight is 280 g/mol. The van der Waals surface area contributed by atoms with E-state index in [2.05, 4.69) is 11.9 Å². The fourth-order valence-corrected chi connectivity index (χ4v) is 3.45. The van der Waals surface area contributed by atoms with Gasteiger partial charge in [-0.25, -0.2) is 0 Å². The summed E-state index contributed by atoms with van der Waals surface area (Å²) in [6.45, 7) is 2.90. The largest absolute Gasteiger partial charge is 0.396 e. The first kappa shape index (κ1) is 13.0. The zero-order valence-electron chi connectivity index (χ0n) is 11.0. The third-order valence-corrected chi connectivity index (χ3v) is 4.46. The van der Waals surface area contributed by atoms with Crippen LogP contribution in [0.4, 0.5) is 0 Å².